The van der Waals surface area contributed by atoms with Crippen molar-refractivity contribution in [1.29, 1.82) is 5.26 Å². The van der Waals surface area contributed by atoms with Crippen molar-refractivity contribution in [3.63, 3.8) is 0 Å². The van der Waals surface area contributed by atoms with Crippen LogP contribution in [0.15, 0.2) is 78.9 Å². The molecular formula is C26H21ClFNO2. The van der Waals surface area contributed by atoms with Gasteiger partial charge in [-0.25, -0.2) is 4.39 Å². The van der Waals surface area contributed by atoms with E-state index in [0.717, 1.165) is 18.4 Å². The lowest BCUT2D eigenvalue weighted by molar-refractivity contribution is -0.149. The van der Waals surface area contributed by atoms with Gasteiger partial charge in [-0.05, 0) is 53.6 Å². The van der Waals surface area contributed by atoms with Gasteiger partial charge in [-0.3, -0.25) is 4.79 Å². The van der Waals surface area contributed by atoms with E-state index in [2.05, 4.69) is 0 Å². The Bertz CT molecular complexity index is 1090. The van der Waals surface area contributed by atoms with Crippen LogP contribution in [0.4, 0.5) is 4.39 Å². The van der Waals surface area contributed by atoms with E-state index in [9.17, 15) is 14.4 Å². The lowest BCUT2D eigenvalue weighted by Crippen LogP contribution is -2.20. The summed E-state index contributed by atoms with van der Waals surface area (Å²) < 4.78 is 20.6. The van der Waals surface area contributed by atoms with Gasteiger partial charge in [0, 0.05) is 10.6 Å². The molecule has 5 heteroatoms. The smallest absolute Gasteiger partial charge is 0.315 e. The summed E-state index contributed by atoms with van der Waals surface area (Å²) in [6.45, 7) is 0. The first kappa shape index (κ1) is 21.1. The Balaban J connectivity index is 1.54. The van der Waals surface area contributed by atoms with Crippen LogP contribution in [0.5, 0.6) is 0 Å². The highest BCUT2D eigenvalue weighted by molar-refractivity contribution is 6.30. The van der Waals surface area contributed by atoms with Gasteiger partial charge < -0.3 is 4.74 Å². The second kappa shape index (κ2) is 9.32. The Hall–Kier alpha value is -3.16. The number of benzene rings is 3. The molecule has 3 unspecified atom stereocenters. The largest absolute Gasteiger partial charge is 0.441 e. The first-order valence-electron chi connectivity index (χ1n) is 10.2. The number of hydrogen-bond donors (Lipinski definition) is 0. The highest BCUT2D eigenvalue weighted by Crippen LogP contribution is 2.44. The SMILES string of the molecule is N#CC(OC(=O)C(c1ccc(Cl)cc1)C1CC1)c1cccc(C(F)c2ccccc2)c1. The molecule has 1 aliphatic carbocycles. The Morgan fingerprint density at radius 2 is 1.58 bits per heavy atom. The third kappa shape index (κ3) is 4.95. The number of alkyl halides is 1. The standard InChI is InChI=1S/C26H21ClFNO2/c27-22-13-11-18(12-14-22)24(17-9-10-17)26(30)31-23(16-29)20-7-4-8-21(15-20)25(28)19-5-2-1-3-6-19/h1-8,11-15,17,23-25H,9-10H2. The van der Waals surface area contributed by atoms with Crippen molar-refractivity contribution in [3.05, 3.63) is 106 Å². The van der Waals surface area contributed by atoms with Crippen molar-refractivity contribution in [2.75, 3.05) is 0 Å². The molecule has 1 aliphatic rings. The van der Waals surface area contributed by atoms with Crippen LogP contribution in [0.1, 0.15) is 53.3 Å². The fraction of sp³-hybridized carbons (Fsp3) is 0.231. The number of halogens is 2. The third-order valence-corrected chi connectivity index (χ3v) is 5.78. The van der Waals surface area contributed by atoms with Crippen molar-refractivity contribution in [3.8, 4) is 6.07 Å². The van der Waals surface area contributed by atoms with E-state index in [4.69, 9.17) is 16.3 Å². The van der Waals surface area contributed by atoms with Crippen molar-refractivity contribution in [1.82, 2.24) is 0 Å². The van der Waals surface area contributed by atoms with Gasteiger partial charge >= 0.3 is 5.97 Å². The summed E-state index contributed by atoms with van der Waals surface area (Å²) in [5.41, 5.74) is 2.23. The minimum Gasteiger partial charge on any atom is -0.441 e. The van der Waals surface area contributed by atoms with Crippen LogP contribution in [0.3, 0.4) is 0 Å². The predicted molar refractivity (Wildman–Crippen MR) is 117 cm³/mol. The second-order valence-electron chi connectivity index (χ2n) is 7.76. The zero-order valence-electron chi connectivity index (χ0n) is 16.7. The van der Waals surface area contributed by atoms with Crippen LogP contribution in [-0.4, -0.2) is 5.97 Å². The average molecular weight is 434 g/mol. The number of carbonyl (C=O) groups excluding carboxylic acids is 1. The first-order chi connectivity index (χ1) is 15.1. The van der Waals surface area contributed by atoms with Gasteiger partial charge in [0.05, 0.1) is 5.92 Å². The normalized spacial score (nSPS) is 16.0. The topological polar surface area (TPSA) is 50.1 Å². The second-order valence-corrected chi connectivity index (χ2v) is 8.19. The van der Waals surface area contributed by atoms with E-state index in [1.165, 1.54) is 0 Å². The summed E-state index contributed by atoms with van der Waals surface area (Å²) in [7, 11) is 0. The quantitative estimate of drug-likeness (QED) is 0.389. The molecule has 4 rings (SSSR count). The van der Waals surface area contributed by atoms with Gasteiger partial charge in [0.15, 0.2) is 6.17 Å². The maximum atomic E-state index is 15.0. The van der Waals surface area contributed by atoms with E-state index >= 15 is 0 Å². The number of rotatable bonds is 7. The zero-order valence-corrected chi connectivity index (χ0v) is 17.5. The van der Waals surface area contributed by atoms with Crippen LogP contribution in [0.2, 0.25) is 5.02 Å². The molecule has 3 nitrogen and oxygen atoms in total. The number of hydrogen-bond acceptors (Lipinski definition) is 3. The Kier molecular flexibility index (Phi) is 6.34. The van der Waals surface area contributed by atoms with Crippen molar-refractivity contribution >= 4 is 17.6 Å². The van der Waals surface area contributed by atoms with Crippen molar-refractivity contribution in [2.45, 2.75) is 31.0 Å². The fourth-order valence-electron chi connectivity index (χ4n) is 3.75. The van der Waals surface area contributed by atoms with Crippen LogP contribution in [0.25, 0.3) is 0 Å². The molecule has 0 heterocycles. The summed E-state index contributed by atoms with van der Waals surface area (Å²) in [5, 5.41) is 10.3. The maximum Gasteiger partial charge on any atom is 0.315 e. The van der Waals surface area contributed by atoms with E-state index in [-0.39, 0.29) is 5.92 Å². The summed E-state index contributed by atoms with van der Waals surface area (Å²) in [4.78, 5) is 13.0. The van der Waals surface area contributed by atoms with E-state index < -0.39 is 24.2 Å². The molecule has 0 aliphatic heterocycles. The predicted octanol–water partition coefficient (Wildman–Crippen LogP) is 6.70. The summed E-state index contributed by atoms with van der Waals surface area (Å²) in [6, 6.07) is 24.6. The third-order valence-electron chi connectivity index (χ3n) is 5.53. The molecule has 1 fully saturated rings. The molecule has 3 aromatic carbocycles. The van der Waals surface area contributed by atoms with Gasteiger partial charge in [-0.1, -0.05) is 72.3 Å². The summed E-state index contributed by atoms with van der Waals surface area (Å²) in [5.74, 6) is -0.677. The monoisotopic (exact) mass is 433 g/mol. The van der Waals surface area contributed by atoms with Crippen LogP contribution in [-0.2, 0) is 9.53 Å². The van der Waals surface area contributed by atoms with E-state index in [1.54, 1.807) is 60.7 Å². The van der Waals surface area contributed by atoms with Crippen molar-refractivity contribution < 1.29 is 13.9 Å². The Labute approximate surface area is 186 Å². The van der Waals surface area contributed by atoms with E-state index in [1.807, 2.05) is 24.3 Å². The summed E-state index contributed by atoms with van der Waals surface area (Å²) >= 11 is 5.97. The molecular weight excluding hydrogens is 413 g/mol. The Morgan fingerprint density at radius 1 is 0.935 bits per heavy atom. The van der Waals surface area contributed by atoms with Gasteiger partial charge in [0.25, 0.3) is 0 Å². The minimum absolute atomic E-state index is 0.202. The molecule has 0 radical (unpaired) electrons. The number of nitrogens with zero attached hydrogens (tertiary/aromatic N) is 1. The highest BCUT2D eigenvalue weighted by Gasteiger charge is 2.39. The summed E-state index contributed by atoms with van der Waals surface area (Å²) in [6.07, 6.45) is -0.556. The molecule has 1 saturated carbocycles. The molecule has 31 heavy (non-hydrogen) atoms. The molecule has 0 N–H and O–H groups in total. The first-order valence-corrected chi connectivity index (χ1v) is 10.6. The van der Waals surface area contributed by atoms with Crippen LogP contribution in [0, 0.1) is 17.2 Å². The van der Waals surface area contributed by atoms with Gasteiger partial charge in [0.2, 0.25) is 6.10 Å². The maximum absolute atomic E-state index is 15.0. The molecule has 156 valence electrons. The molecule has 0 spiro atoms. The number of ether oxygens (including phenoxy) is 1. The molecule has 0 bridgehead atoms. The highest BCUT2D eigenvalue weighted by atomic mass is 35.5. The molecule has 0 amide bonds. The van der Waals surface area contributed by atoms with Crippen LogP contribution >= 0.6 is 11.6 Å². The zero-order chi connectivity index (χ0) is 21.8. The minimum atomic E-state index is -1.33. The number of carbonyl (C=O) groups is 1. The lowest BCUT2D eigenvalue weighted by atomic mass is 9.94. The van der Waals surface area contributed by atoms with Gasteiger partial charge in [0.1, 0.15) is 6.07 Å². The Morgan fingerprint density at radius 3 is 2.23 bits per heavy atom. The number of nitriles is 1. The molecule has 0 aromatic heterocycles. The number of esters is 1. The van der Waals surface area contributed by atoms with Crippen molar-refractivity contribution in [2.24, 2.45) is 5.92 Å². The van der Waals surface area contributed by atoms with Gasteiger partial charge in [-0.2, -0.15) is 5.26 Å². The molecule has 3 atom stereocenters. The van der Waals surface area contributed by atoms with Gasteiger partial charge in [-0.15, -0.1) is 0 Å². The van der Waals surface area contributed by atoms with E-state index in [0.29, 0.717) is 21.7 Å². The average Bonchev–Trinajstić information content (AvgIpc) is 3.64. The lowest BCUT2D eigenvalue weighted by Gasteiger charge is -2.19. The fourth-order valence-corrected chi connectivity index (χ4v) is 3.88. The molecule has 3 aromatic rings. The molecule has 0 saturated heterocycles. The van der Waals surface area contributed by atoms with Crippen LogP contribution < -0.4 is 0 Å².